The van der Waals surface area contributed by atoms with E-state index >= 15 is 0 Å². The molecule has 24 heavy (non-hydrogen) atoms. The van der Waals surface area contributed by atoms with Crippen LogP contribution in [0, 0.1) is 12.3 Å². The number of aryl methyl sites for hydroxylation is 1. The first kappa shape index (κ1) is 20.9. The molecule has 0 aliphatic heterocycles. The van der Waals surface area contributed by atoms with Gasteiger partial charge in [-0.25, -0.2) is 4.99 Å². The maximum Gasteiger partial charge on any atom is 0.191 e. The van der Waals surface area contributed by atoms with Gasteiger partial charge in [0.25, 0.3) is 0 Å². The summed E-state index contributed by atoms with van der Waals surface area (Å²) in [6.07, 6.45) is 8.38. The van der Waals surface area contributed by atoms with Gasteiger partial charge in [-0.2, -0.15) is 0 Å². The highest BCUT2D eigenvalue weighted by Crippen LogP contribution is 2.40. The number of hydrogen-bond donors (Lipinski definition) is 2. The maximum atomic E-state index is 4.66. The van der Waals surface area contributed by atoms with E-state index in [-0.39, 0.29) is 24.0 Å². The average Bonchev–Trinajstić information content (AvgIpc) is 3.16. The van der Waals surface area contributed by atoms with Crippen LogP contribution in [0.15, 0.2) is 17.6 Å². The van der Waals surface area contributed by atoms with Crippen molar-refractivity contribution in [2.75, 3.05) is 13.1 Å². The summed E-state index contributed by atoms with van der Waals surface area (Å²) in [7, 11) is 1.97. The molecular formula is C17H31IN6. The fourth-order valence-electron chi connectivity index (χ4n) is 3.13. The molecule has 1 aromatic heterocycles. The number of nitrogens with zero attached hydrogens (tertiary/aromatic N) is 4. The molecule has 0 amide bonds. The van der Waals surface area contributed by atoms with E-state index in [2.05, 4.69) is 39.3 Å². The molecule has 0 atom stereocenters. The van der Waals surface area contributed by atoms with Crippen LogP contribution in [0.25, 0.3) is 0 Å². The van der Waals surface area contributed by atoms with E-state index in [0.29, 0.717) is 18.5 Å². The van der Waals surface area contributed by atoms with E-state index in [0.717, 1.165) is 24.2 Å². The van der Waals surface area contributed by atoms with Crippen molar-refractivity contribution in [3.8, 4) is 0 Å². The van der Waals surface area contributed by atoms with Crippen molar-refractivity contribution in [1.29, 1.82) is 0 Å². The van der Waals surface area contributed by atoms with Gasteiger partial charge < -0.3 is 15.2 Å². The van der Waals surface area contributed by atoms with E-state index in [9.17, 15) is 0 Å². The predicted molar refractivity (Wildman–Crippen MR) is 110 cm³/mol. The first-order valence-corrected chi connectivity index (χ1v) is 8.58. The summed E-state index contributed by atoms with van der Waals surface area (Å²) in [5, 5.41) is 15.1. The molecule has 0 saturated heterocycles. The van der Waals surface area contributed by atoms with Gasteiger partial charge in [-0.1, -0.05) is 25.8 Å². The number of rotatable bonds is 7. The summed E-state index contributed by atoms with van der Waals surface area (Å²) in [6.45, 7) is 10.2. The van der Waals surface area contributed by atoms with E-state index in [1.54, 1.807) is 0 Å². The number of aromatic nitrogens is 3. The second-order valence-corrected chi connectivity index (χ2v) is 6.47. The Hall–Kier alpha value is -1.12. The molecule has 6 nitrogen and oxygen atoms in total. The molecular weight excluding hydrogens is 415 g/mol. The third-order valence-electron chi connectivity index (χ3n) is 5.02. The molecule has 0 radical (unpaired) electrons. The molecule has 1 heterocycles. The molecule has 1 fully saturated rings. The third kappa shape index (κ3) is 5.46. The van der Waals surface area contributed by atoms with Gasteiger partial charge in [-0.05, 0) is 31.6 Å². The highest BCUT2D eigenvalue weighted by atomic mass is 127. The standard InChI is InChI=1S/C17H30N6.HI/c1-5-11-18-16(19-12-15-22-21-14(3)23(15)4)20-13-17(6-2)9-7-8-10-17;/h5H,1,6-13H2,2-4H3,(H2,18,19,20);1H. The topological polar surface area (TPSA) is 67.1 Å². The number of hydrogen-bond acceptors (Lipinski definition) is 3. The van der Waals surface area contributed by atoms with Crippen LogP contribution in [0.1, 0.15) is 50.7 Å². The van der Waals surface area contributed by atoms with Crippen LogP contribution in [0.4, 0.5) is 0 Å². The van der Waals surface area contributed by atoms with Crippen LogP contribution < -0.4 is 10.6 Å². The van der Waals surface area contributed by atoms with Crippen LogP contribution in [0.2, 0.25) is 0 Å². The Morgan fingerprint density at radius 3 is 2.58 bits per heavy atom. The van der Waals surface area contributed by atoms with Crippen LogP contribution in [-0.4, -0.2) is 33.8 Å². The monoisotopic (exact) mass is 446 g/mol. The average molecular weight is 446 g/mol. The molecule has 0 aromatic carbocycles. The number of nitrogens with one attached hydrogen (secondary N) is 2. The molecule has 0 bridgehead atoms. The first-order chi connectivity index (χ1) is 11.1. The molecule has 1 aliphatic rings. The van der Waals surface area contributed by atoms with E-state index in [4.69, 9.17) is 0 Å². The highest BCUT2D eigenvalue weighted by Gasteiger charge is 2.31. The van der Waals surface area contributed by atoms with E-state index in [1.165, 1.54) is 32.1 Å². The normalized spacial score (nSPS) is 16.5. The molecule has 1 aromatic rings. The maximum absolute atomic E-state index is 4.66. The molecule has 0 unspecified atom stereocenters. The molecule has 0 spiro atoms. The first-order valence-electron chi connectivity index (χ1n) is 8.58. The van der Waals surface area contributed by atoms with Crippen LogP contribution >= 0.6 is 24.0 Å². The summed E-state index contributed by atoms with van der Waals surface area (Å²) < 4.78 is 1.97. The molecule has 1 saturated carbocycles. The minimum absolute atomic E-state index is 0. The van der Waals surface area contributed by atoms with Crippen molar-refractivity contribution in [1.82, 2.24) is 25.4 Å². The lowest BCUT2D eigenvalue weighted by Gasteiger charge is -2.28. The highest BCUT2D eigenvalue weighted by molar-refractivity contribution is 14.0. The summed E-state index contributed by atoms with van der Waals surface area (Å²) in [6, 6.07) is 0. The summed E-state index contributed by atoms with van der Waals surface area (Å²) in [4.78, 5) is 4.66. The van der Waals surface area contributed by atoms with E-state index in [1.807, 2.05) is 24.6 Å². The fourth-order valence-corrected chi connectivity index (χ4v) is 3.13. The second-order valence-electron chi connectivity index (χ2n) is 6.47. The largest absolute Gasteiger partial charge is 0.356 e. The minimum atomic E-state index is 0. The van der Waals surface area contributed by atoms with Crippen molar-refractivity contribution < 1.29 is 0 Å². The zero-order chi connectivity index (χ0) is 16.7. The summed E-state index contributed by atoms with van der Waals surface area (Å²) in [5.41, 5.74) is 0.429. The van der Waals surface area contributed by atoms with E-state index < -0.39 is 0 Å². The minimum Gasteiger partial charge on any atom is -0.356 e. The SMILES string of the molecule is C=CCNC(=NCc1nnc(C)n1C)NCC1(CC)CCCC1.I. The molecule has 1 aliphatic carbocycles. The fraction of sp³-hybridized carbons (Fsp3) is 0.706. The molecule has 136 valence electrons. The van der Waals surface area contributed by atoms with Crippen molar-refractivity contribution >= 4 is 29.9 Å². The molecule has 2 rings (SSSR count). The Balaban J connectivity index is 0.00000288. The smallest absolute Gasteiger partial charge is 0.191 e. The van der Waals surface area contributed by atoms with Gasteiger partial charge in [-0.3, -0.25) is 0 Å². The van der Waals surface area contributed by atoms with Gasteiger partial charge >= 0.3 is 0 Å². The quantitative estimate of drug-likeness (QED) is 0.293. The third-order valence-corrected chi connectivity index (χ3v) is 5.02. The van der Waals surface area contributed by atoms with Gasteiger partial charge in [0.2, 0.25) is 0 Å². The van der Waals surface area contributed by atoms with Gasteiger partial charge in [0.15, 0.2) is 11.8 Å². The Labute approximate surface area is 162 Å². The van der Waals surface area contributed by atoms with Crippen molar-refractivity contribution in [2.24, 2.45) is 17.5 Å². The van der Waals surface area contributed by atoms with Gasteiger partial charge in [0.1, 0.15) is 12.4 Å². The van der Waals surface area contributed by atoms with Gasteiger partial charge in [0, 0.05) is 20.1 Å². The zero-order valence-electron chi connectivity index (χ0n) is 15.1. The number of aliphatic imine (C=N–C) groups is 1. The number of guanidine groups is 1. The summed E-state index contributed by atoms with van der Waals surface area (Å²) >= 11 is 0. The van der Waals surface area contributed by atoms with Crippen molar-refractivity contribution in [3.05, 3.63) is 24.3 Å². The Kier molecular flexibility index (Phi) is 8.72. The van der Waals surface area contributed by atoms with Gasteiger partial charge in [-0.15, -0.1) is 40.8 Å². The second kappa shape index (κ2) is 10.0. The van der Waals surface area contributed by atoms with Crippen LogP contribution in [0.5, 0.6) is 0 Å². The van der Waals surface area contributed by atoms with Gasteiger partial charge in [0.05, 0.1) is 0 Å². The zero-order valence-corrected chi connectivity index (χ0v) is 17.5. The van der Waals surface area contributed by atoms with Crippen molar-refractivity contribution in [2.45, 2.75) is 52.5 Å². The Morgan fingerprint density at radius 2 is 2.04 bits per heavy atom. The summed E-state index contributed by atoms with van der Waals surface area (Å²) in [5.74, 6) is 2.60. The predicted octanol–water partition coefficient (Wildman–Crippen LogP) is 2.93. The molecule has 2 N–H and O–H groups in total. The lowest BCUT2D eigenvalue weighted by Crippen LogP contribution is -2.43. The van der Waals surface area contributed by atoms with Crippen LogP contribution in [0.3, 0.4) is 0 Å². The Morgan fingerprint density at radius 1 is 1.33 bits per heavy atom. The lowest BCUT2D eigenvalue weighted by atomic mass is 9.83. The number of halogens is 1. The van der Waals surface area contributed by atoms with Crippen LogP contribution in [-0.2, 0) is 13.6 Å². The van der Waals surface area contributed by atoms with Crippen molar-refractivity contribution in [3.63, 3.8) is 0 Å². The Bertz CT molecular complexity index is 545. The molecule has 7 heteroatoms. The lowest BCUT2D eigenvalue weighted by molar-refractivity contribution is 0.283.